The van der Waals surface area contributed by atoms with E-state index >= 15 is 0 Å². The van der Waals surface area contributed by atoms with Crippen molar-refractivity contribution in [2.24, 2.45) is 0 Å². The average molecular weight is 275 g/mol. The zero-order chi connectivity index (χ0) is 14.1. The van der Waals surface area contributed by atoms with Crippen molar-refractivity contribution >= 4 is 5.57 Å². The van der Waals surface area contributed by atoms with E-state index in [9.17, 15) is 15.0 Å². The van der Waals surface area contributed by atoms with Crippen LogP contribution in [0.25, 0.3) is 5.57 Å². The number of nitrogens with zero attached hydrogens (tertiary/aromatic N) is 2. The summed E-state index contributed by atoms with van der Waals surface area (Å²) in [4.78, 5) is 12.0. The summed E-state index contributed by atoms with van der Waals surface area (Å²) in [5.41, 5.74) is 0.502. The van der Waals surface area contributed by atoms with Gasteiger partial charge in [-0.25, -0.2) is 9.89 Å². The third-order valence-corrected chi connectivity index (χ3v) is 3.82. The minimum atomic E-state index is -0.214. The summed E-state index contributed by atoms with van der Waals surface area (Å²) in [6.45, 7) is 0. The van der Waals surface area contributed by atoms with Gasteiger partial charge in [0, 0.05) is 24.1 Å². The van der Waals surface area contributed by atoms with Crippen LogP contribution < -0.4 is 5.69 Å². The fraction of sp³-hybridized carbons (Fsp3) is 0.429. The van der Waals surface area contributed by atoms with Crippen LogP contribution in [0.15, 0.2) is 34.5 Å². The first kappa shape index (κ1) is 12.8. The molecule has 2 aliphatic carbocycles. The molecular weight excluding hydrogens is 258 g/mol. The molecule has 0 bridgehead atoms. The molecule has 0 saturated heterocycles. The van der Waals surface area contributed by atoms with Crippen LogP contribution >= 0.6 is 0 Å². The maximum atomic E-state index is 12.0. The van der Waals surface area contributed by atoms with Crippen molar-refractivity contribution in [3.05, 3.63) is 46.1 Å². The summed E-state index contributed by atoms with van der Waals surface area (Å²) in [5.74, 6) is 0.589. The van der Waals surface area contributed by atoms with E-state index in [0.717, 1.165) is 25.7 Å². The van der Waals surface area contributed by atoms with Gasteiger partial charge in [-0.15, -0.1) is 0 Å². The van der Waals surface area contributed by atoms with Crippen LogP contribution in [0.2, 0.25) is 0 Å². The van der Waals surface area contributed by atoms with Gasteiger partial charge < -0.3 is 10.2 Å². The molecule has 1 aromatic rings. The van der Waals surface area contributed by atoms with Crippen LogP contribution in [0.1, 0.15) is 44.0 Å². The molecule has 3 N–H and O–H groups in total. The summed E-state index contributed by atoms with van der Waals surface area (Å²) in [7, 11) is 0. The van der Waals surface area contributed by atoms with Crippen LogP contribution in [0.4, 0.5) is 0 Å². The lowest BCUT2D eigenvalue weighted by atomic mass is 10.1. The van der Waals surface area contributed by atoms with Crippen LogP contribution in [-0.2, 0) is 0 Å². The molecule has 1 aromatic heterocycles. The molecular formula is C14H17N3O3. The molecule has 6 nitrogen and oxygen atoms in total. The van der Waals surface area contributed by atoms with Crippen molar-refractivity contribution in [2.75, 3.05) is 0 Å². The largest absolute Gasteiger partial charge is 0.512 e. The normalized spacial score (nSPS) is 20.3. The first-order valence-electron chi connectivity index (χ1n) is 6.82. The van der Waals surface area contributed by atoms with Crippen molar-refractivity contribution in [1.29, 1.82) is 0 Å². The zero-order valence-electron chi connectivity index (χ0n) is 11.0. The van der Waals surface area contributed by atoms with Gasteiger partial charge in [-0.05, 0) is 18.9 Å². The average Bonchev–Trinajstić information content (AvgIpc) is 2.99. The Morgan fingerprint density at radius 3 is 2.75 bits per heavy atom. The van der Waals surface area contributed by atoms with E-state index in [2.05, 4.69) is 10.2 Å². The number of aliphatic hydroxyl groups excluding tert-OH is 2. The molecule has 0 aromatic carbocycles. The minimum absolute atomic E-state index is 0.0113. The van der Waals surface area contributed by atoms with E-state index in [1.165, 1.54) is 12.2 Å². The van der Waals surface area contributed by atoms with Crippen LogP contribution in [-0.4, -0.2) is 25.0 Å². The van der Waals surface area contributed by atoms with Gasteiger partial charge in [0.05, 0.1) is 0 Å². The lowest BCUT2D eigenvalue weighted by Crippen LogP contribution is -2.22. The maximum Gasteiger partial charge on any atom is 0.343 e. The summed E-state index contributed by atoms with van der Waals surface area (Å²) < 4.78 is 1.68. The molecule has 1 heterocycles. The Labute approximate surface area is 115 Å². The fourth-order valence-corrected chi connectivity index (χ4v) is 2.90. The van der Waals surface area contributed by atoms with Gasteiger partial charge in [0.2, 0.25) is 0 Å². The number of aromatic amines is 1. The van der Waals surface area contributed by atoms with Gasteiger partial charge in [-0.2, -0.15) is 5.10 Å². The van der Waals surface area contributed by atoms with Crippen LogP contribution in [0.3, 0.4) is 0 Å². The van der Waals surface area contributed by atoms with E-state index in [-0.39, 0.29) is 29.7 Å². The minimum Gasteiger partial charge on any atom is -0.512 e. The van der Waals surface area contributed by atoms with Gasteiger partial charge in [-0.3, -0.25) is 4.57 Å². The number of aliphatic hydroxyl groups is 2. The molecule has 1 fully saturated rings. The van der Waals surface area contributed by atoms with E-state index in [1.54, 1.807) is 10.6 Å². The second-order valence-electron chi connectivity index (χ2n) is 5.26. The van der Waals surface area contributed by atoms with Crippen molar-refractivity contribution in [3.63, 3.8) is 0 Å². The molecule has 6 heteroatoms. The smallest absolute Gasteiger partial charge is 0.343 e. The summed E-state index contributed by atoms with van der Waals surface area (Å²) in [5, 5.41) is 25.8. The van der Waals surface area contributed by atoms with Crippen LogP contribution in [0, 0.1) is 0 Å². The number of aromatic nitrogens is 3. The van der Waals surface area contributed by atoms with Crippen molar-refractivity contribution in [3.8, 4) is 0 Å². The second-order valence-corrected chi connectivity index (χ2v) is 5.26. The highest BCUT2D eigenvalue weighted by Crippen LogP contribution is 2.31. The Kier molecular flexibility index (Phi) is 3.22. The number of allylic oxidation sites excluding steroid dienone is 4. The first-order valence-corrected chi connectivity index (χ1v) is 6.82. The summed E-state index contributed by atoms with van der Waals surface area (Å²) in [6.07, 6.45) is 8.92. The molecule has 2 aliphatic rings. The van der Waals surface area contributed by atoms with Crippen LogP contribution in [0.5, 0.6) is 0 Å². The third-order valence-electron chi connectivity index (χ3n) is 3.82. The first-order chi connectivity index (χ1) is 9.65. The Morgan fingerprint density at radius 1 is 1.25 bits per heavy atom. The third kappa shape index (κ3) is 2.29. The number of hydrogen-bond acceptors (Lipinski definition) is 4. The summed E-state index contributed by atoms with van der Waals surface area (Å²) >= 11 is 0. The standard InChI is InChI=1S/C14H17N3O3/c18-11-6-5-9(7-12(19)8-11)13-15-16-14(20)17(13)10-3-1-2-4-10/h5-6,8,10,18-19H,1-4,7H2,(H,16,20). The second kappa shape index (κ2) is 5.03. The van der Waals surface area contributed by atoms with E-state index in [0.29, 0.717) is 11.4 Å². The van der Waals surface area contributed by atoms with Crippen molar-refractivity contribution < 1.29 is 10.2 Å². The molecule has 0 unspecified atom stereocenters. The molecule has 106 valence electrons. The van der Waals surface area contributed by atoms with Gasteiger partial charge in [0.1, 0.15) is 11.5 Å². The molecule has 0 atom stereocenters. The molecule has 1 saturated carbocycles. The quantitative estimate of drug-likeness (QED) is 0.772. The predicted octanol–water partition coefficient (Wildman–Crippen LogP) is 2.36. The number of nitrogens with one attached hydrogen (secondary N) is 1. The van der Waals surface area contributed by atoms with E-state index in [4.69, 9.17) is 0 Å². The Bertz CT molecular complexity index is 657. The highest BCUT2D eigenvalue weighted by Gasteiger charge is 2.24. The lowest BCUT2D eigenvalue weighted by Gasteiger charge is -2.14. The molecule has 0 radical (unpaired) electrons. The Morgan fingerprint density at radius 2 is 2.00 bits per heavy atom. The topological polar surface area (TPSA) is 91.1 Å². The summed E-state index contributed by atoms with van der Waals surface area (Å²) in [6, 6.07) is 0.170. The Hall–Kier alpha value is -2.24. The predicted molar refractivity (Wildman–Crippen MR) is 74.4 cm³/mol. The maximum absolute atomic E-state index is 12.0. The monoisotopic (exact) mass is 275 g/mol. The zero-order valence-corrected chi connectivity index (χ0v) is 11.0. The van der Waals surface area contributed by atoms with Crippen molar-refractivity contribution in [2.45, 2.75) is 38.1 Å². The molecule has 20 heavy (non-hydrogen) atoms. The lowest BCUT2D eigenvalue weighted by molar-refractivity contribution is 0.386. The SMILES string of the molecule is O=c1[nH]nc(C2=CC=C(O)C=C(O)C2)n1C1CCCC1. The van der Waals surface area contributed by atoms with E-state index < -0.39 is 0 Å². The van der Waals surface area contributed by atoms with Crippen molar-refractivity contribution in [1.82, 2.24) is 14.8 Å². The van der Waals surface area contributed by atoms with Gasteiger partial charge >= 0.3 is 5.69 Å². The van der Waals surface area contributed by atoms with Gasteiger partial charge in [0.25, 0.3) is 0 Å². The van der Waals surface area contributed by atoms with Gasteiger partial charge in [0.15, 0.2) is 5.82 Å². The highest BCUT2D eigenvalue weighted by atomic mass is 16.3. The number of rotatable bonds is 2. The molecule has 0 amide bonds. The van der Waals surface area contributed by atoms with E-state index in [1.807, 2.05) is 0 Å². The molecule has 0 spiro atoms. The molecule has 3 rings (SSSR count). The van der Waals surface area contributed by atoms with Gasteiger partial charge in [-0.1, -0.05) is 18.9 Å². The number of hydrogen-bond donors (Lipinski definition) is 3. The fourth-order valence-electron chi connectivity index (χ4n) is 2.90. The Balaban J connectivity index is 2.03. The molecule has 0 aliphatic heterocycles. The number of H-pyrrole nitrogens is 1. The highest BCUT2D eigenvalue weighted by molar-refractivity contribution is 5.65.